The highest BCUT2D eigenvalue weighted by Gasteiger charge is 1.88. The average molecular weight is 190 g/mol. The summed E-state index contributed by atoms with van der Waals surface area (Å²) < 4.78 is 0. The summed E-state index contributed by atoms with van der Waals surface area (Å²) in [7, 11) is 0. The largest absolute Gasteiger partial charge is 0.0882 e. The third kappa shape index (κ3) is 6.71. The second-order valence-corrected chi connectivity index (χ2v) is 3.91. The number of hydrogen-bond acceptors (Lipinski definition) is 0. The van der Waals surface area contributed by atoms with Crippen molar-refractivity contribution in [2.24, 2.45) is 0 Å². The van der Waals surface area contributed by atoms with Crippen LogP contribution in [0.2, 0.25) is 0 Å². The Morgan fingerprint density at radius 1 is 0.500 bits per heavy atom. The van der Waals surface area contributed by atoms with Crippen LogP contribution < -0.4 is 0 Å². The van der Waals surface area contributed by atoms with E-state index in [0.29, 0.717) is 0 Å². The Hall–Kier alpha value is -0.780. The molecule has 0 atom stereocenters. The molecule has 0 heteroatoms. The smallest absolute Gasteiger partial charge is 0.0166 e. The van der Waals surface area contributed by atoms with Crippen LogP contribution in [0.3, 0.4) is 0 Å². The first-order valence-electron chi connectivity index (χ1n) is 5.97. The summed E-state index contributed by atoms with van der Waals surface area (Å²) in [6.07, 6.45) is 24.0. The van der Waals surface area contributed by atoms with Gasteiger partial charge in [-0.05, 0) is 32.1 Å². The molecule has 0 amide bonds. The molecule has 78 valence electrons. The van der Waals surface area contributed by atoms with Crippen molar-refractivity contribution in [3.63, 3.8) is 0 Å². The highest BCUT2D eigenvalue weighted by molar-refractivity contribution is 5.04. The topological polar surface area (TPSA) is 0 Å². The van der Waals surface area contributed by atoms with E-state index in [1.807, 2.05) is 0 Å². The summed E-state index contributed by atoms with van der Waals surface area (Å²) in [6.45, 7) is 0. The first-order chi connectivity index (χ1) is 7.00. The molecule has 0 nitrogen and oxygen atoms in total. The van der Waals surface area contributed by atoms with E-state index in [2.05, 4.69) is 36.5 Å². The van der Waals surface area contributed by atoms with Crippen LogP contribution in [-0.4, -0.2) is 0 Å². The molecule has 1 aliphatic carbocycles. The minimum absolute atomic E-state index is 1.09. The Labute approximate surface area is 88.4 Å². The molecule has 1 rings (SSSR count). The van der Waals surface area contributed by atoms with Crippen molar-refractivity contribution in [1.82, 2.24) is 0 Å². The highest BCUT2D eigenvalue weighted by Crippen LogP contribution is 2.08. The molecule has 0 spiro atoms. The zero-order chi connectivity index (χ0) is 9.90. The van der Waals surface area contributed by atoms with Crippen LogP contribution in [0.4, 0.5) is 0 Å². The normalized spacial score (nSPS) is 22.9. The van der Waals surface area contributed by atoms with Crippen LogP contribution in [0.1, 0.15) is 51.4 Å². The van der Waals surface area contributed by atoms with Crippen molar-refractivity contribution >= 4 is 0 Å². The fraction of sp³-hybridized carbons (Fsp3) is 0.571. The van der Waals surface area contributed by atoms with E-state index < -0.39 is 0 Å². The first kappa shape index (κ1) is 11.3. The lowest BCUT2D eigenvalue weighted by Gasteiger charge is -1.98. The second-order valence-electron chi connectivity index (χ2n) is 3.91. The Morgan fingerprint density at radius 2 is 1.14 bits per heavy atom. The summed E-state index contributed by atoms with van der Waals surface area (Å²) in [4.78, 5) is 0. The van der Waals surface area contributed by atoms with Gasteiger partial charge in [-0.25, -0.2) is 0 Å². The van der Waals surface area contributed by atoms with Crippen molar-refractivity contribution in [2.75, 3.05) is 0 Å². The monoisotopic (exact) mass is 190 g/mol. The van der Waals surface area contributed by atoms with Gasteiger partial charge in [-0.3, -0.25) is 0 Å². The first-order valence-corrected chi connectivity index (χ1v) is 5.97. The molecule has 0 aromatic rings. The fourth-order valence-electron chi connectivity index (χ4n) is 1.68. The Kier molecular flexibility index (Phi) is 7.10. The van der Waals surface area contributed by atoms with Gasteiger partial charge in [-0.2, -0.15) is 0 Å². The van der Waals surface area contributed by atoms with E-state index in [1.54, 1.807) is 0 Å². The molecule has 0 N–H and O–H groups in total. The average Bonchev–Trinajstić information content (AvgIpc) is 2.22. The molecule has 0 radical (unpaired) electrons. The molecular weight excluding hydrogens is 168 g/mol. The van der Waals surface area contributed by atoms with Gasteiger partial charge in [-0.15, -0.1) is 0 Å². The van der Waals surface area contributed by atoms with Gasteiger partial charge in [0.25, 0.3) is 0 Å². The maximum atomic E-state index is 2.32. The van der Waals surface area contributed by atoms with E-state index in [-0.39, 0.29) is 0 Å². The summed E-state index contributed by atoms with van der Waals surface area (Å²) in [5.41, 5.74) is 0. The van der Waals surface area contributed by atoms with E-state index in [1.165, 1.54) is 44.9 Å². The lowest BCUT2D eigenvalue weighted by atomic mass is 10.1. The molecule has 0 unspecified atom stereocenters. The lowest BCUT2D eigenvalue weighted by Crippen LogP contribution is -1.78. The maximum absolute atomic E-state index is 2.32. The van der Waals surface area contributed by atoms with Crippen molar-refractivity contribution in [3.8, 4) is 0 Å². The molecule has 0 fully saturated rings. The third-order valence-electron chi connectivity index (χ3n) is 2.56. The minimum Gasteiger partial charge on any atom is -0.0882 e. The quantitative estimate of drug-likeness (QED) is 0.482. The molecular formula is C14H22. The van der Waals surface area contributed by atoms with Crippen LogP contribution in [0.25, 0.3) is 0 Å². The van der Waals surface area contributed by atoms with Crippen molar-refractivity contribution < 1.29 is 0 Å². The highest BCUT2D eigenvalue weighted by atomic mass is 13.9. The van der Waals surface area contributed by atoms with Crippen LogP contribution >= 0.6 is 0 Å². The van der Waals surface area contributed by atoms with E-state index in [4.69, 9.17) is 0 Å². The van der Waals surface area contributed by atoms with Crippen LogP contribution in [0, 0.1) is 0 Å². The zero-order valence-electron chi connectivity index (χ0n) is 9.12. The summed E-state index contributed by atoms with van der Waals surface area (Å²) >= 11 is 0. The predicted octanol–water partition coefficient (Wildman–Crippen LogP) is 4.79. The fourth-order valence-corrected chi connectivity index (χ4v) is 1.68. The van der Waals surface area contributed by atoms with Crippen molar-refractivity contribution in [1.29, 1.82) is 0 Å². The Balaban J connectivity index is 2.26. The molecule has 0 heterocycles. The van der Waals surface area contributed by atoms with Crippen LogP contribution in [0.15, 0.2) is 36.5 Å². The molecule has 0 aliphatic heterocycles. The molecule has 0 aromatic heterocycles. The summed E-state index contributed by atoms with van der Waals surface area (Å²) in [5, 5.41) is 0. The van der Waals surface area contributed by atoms with E-state index >= 15 is 0 Å². The van der Waals surface area contributed by atoms with Crippen molar-refractivity contribution in [2.45, 2.75) is 51.4 Å². The van der Waals surface area contributed by atoms with E-state index in [0.717, 1.165) is 6.42 Å². The molecule has 0 bridgehead atoms. The van der Waals surface area contributed by atoms with Crippen molar-refractivity contribution in [3.05, 3.63) is 36.5 Å². The van der Waals surface area contributed by atoms with Crippen LogP contribution in [0.5, 0.6) is 0 Å². The van der Waals surface area contributed by atoms with Gasteiger partial charge < -0.3 is 0 Å². The Bertz CT molecular complexity index is 196. The molecule has 0 saturated carbocycles. The molecule has 1 aliphatic rings. The van der Waals surface area contributed by atoms with Gasteiger partial charge in [0.05, 0.1) is 0 Å². The standard InChI is InChI=1S/C14H22/c1-2-4-6-8-10-12-14-13-11-9-7-5-3-1/h1-4,7,9H,5-6,8,10-14H2/b3-1?,4-2?,9-7+. The van der Waals surface area contributed by atoms with E-state index in [9.17, 15) is 0 Å². The number of hydrogen-bond donors (Lipinski definition) is 0. The van der Waals surface area contributed by atoms with Crippen LogP contribution in [-0.2, 0) is 0 Å². The SMILES string of the molecule is C1=CC/C=C/CCCCCCCC=C1. The second kappa shape index (κ2) is 8.80. The molecule has 0 saturated heterocycles. The minimum atomic E-state index is 1.09. The predicted molar refractivity (Wildman–Crippen MR) is 64.4 cm³/mol. The van der Waals surface area contributed by atoms with Gasteiger partial charge >= 0.3 is 0 Å². The number of rotatable bonds is 0. The summed E-state index contributed by atoms with van der Waals surface area (Å²) in [5.74, 6) is 0. The maximum Gasteiger partial charge on any atom is -0.0166 e. The zero-order valence-corrected chi connectivity index (χ0v) is 9.12. The van der Waals surface area contributed by atoms with Gasteiger partial charge in [0.1, 0.15) is 0 Å². The Morgan fingerprint density at radius 3 is 2.00 bits per heavy atom. The molecule has 14 heavy (non-hydrogen) atoms. The van der Waals surface area contributed by atoms with Gasteiger partial charge in [0, 0.05) is 0 Å². The van der Waals surface area contributed by atoms with Gasteiger partial charge in [0.2, 0.25) is 0 Å². The van der Waals surface area contributed by atoms with Gasteiger partial charge in [0.15, 0.2) is 0 Å². The van der Waals surface area contributed by atoms with Gasteiger partial charge in [-0.1, -0.05) is 55.7 Å². The lowest BCUT2D eigenvalue weighted by molar-refractivity contribution is 0.621. The third-order valence-corrected chi connectivity index (χ3v) is 2.56. The summed E-state index contributed by atoms with van der Waals surface area (Å²) in [6, 6.07) is 0. The molecule has 0 aromatic carbocycles. The number of allylic oxidation sites excluding steroid dienone is 6.